The van der Waals surface area contributed by atoms with E-state index < -0.39 is 0 Å². The zero-order chi connectivity index (χ0) is 9.31. The van der Waals surface area contributed by atoms with E-state index in [1.54, 1.807) is 6.20 Å². The lowest BCUT2D eigenvalue weighted by molar-refractivity contribution is 0.517. The standard InChI is InChI=1S/C9H10ClN3/c10-5-8-12-3-4-13(8)7-9(6-11)1-2-9/h3-4H,1-2,5,7H2. The lowest BCUT2D eigenvalue weighted by Crippen LogP contribution is -2.11. The number of nitrogens with zero attached hydrogens (tertiary/aromatic N) is 3. The number of alkyl halides is 1. The lowest BCUT2D eigenvalue weighted by Gasteiger charge is -2.08. The molecule has 1 aliphatic rings. The SMILES string of the molecule is N#CC1(Cn2ccnc2CCl)CC1. The molecule has 1 fully saturated rings. The van der Waals surface area contributed by atoms with Gasteiger partial charge in [-0.1, -0.05) is 0 Å². The smallest absolute Gasteiger partial charge is 0.123 e. The van der Waals surface area contributed by atoms with Crippen LogP contribution in [-0.4, -0.2) is 9.55 Å². The molecule has 3 nitrogen and oxygen atoms in total. The molecule has 0 aliphatic heterocycles. The Morgan fingerprint density at radius 1 is 1.69 bits per heavy atom. The van der Waals surface area contributed by atoms with Gasteiger partial charge in [0.1, 0.15) is 5.82 Å². The molecule has 0 atom stereocenters. The third-order valence-electron chi connectivity index (χ3n) is 2.48. The molecule has 0 saturated heterocycles. The Hall–Kier alpha value is -1.01. The Bertz CT molecular complexity index is 346. The Morgan fingerprint density at radius 2 is 2.46 bits per heavy atom. The molecule has 4 heteroatoms. The summed E-state index contributed by atoms with van der Waals surface area (Å²) in [5.41, 5.74) is -0.124. The second-order valence-corrected chi connectivity index (χ2v) is 3.76. The topological polar surface area (TPSA) is 41.6 Å². The van der Waals surface area contributed by atoms with Crippen LogP contribution < -0.4 is 0 Å². The summed E-state index contributed by atoms with van der Waals surface area (Å²) in [4.78, 5) is 4.10. The van der Waals surface area contributed by atoms with Crippen LogP contribution >= 0.6 is 11.6 Å². The fourth-order valence-corrected chi connectivity index (χ4v) is 1.62. The highest BCUT2D eigenvalue weighted by atomic mass is 35.5. The van der Waals surface area contributed by atoms with Gasteiger partial charge in [-0.3, -0.25) is 0 Å². The molecular formula is C9H10ClN3. The third-order valence-corrected chi connectivity index (χ3v) is 2.72. The van der Waals surface area contributed by atoms with Gasteiger partial charge in [0.15, 0.2) is 0 Å². The summed E-state index contributed by atoms with van der Waals surface area (Å²) in [5, 5.41) is 8.90. The highest BCUT2D eigenvalue weighted by molar-refractivity contribution is 6.16. The number of aromatic nitrogens is 2. The summed E-state index contributed by atoms with van der Waals surface area (Å²) in [6.07, 6.45) is 5.62. The first kappa shape index (κ1) is 8.58. The molecule has 0 radical (unpaired) electrons. The van der Waals surface area contributed by atoms with Crippen molar-refractivity contribution >= 4 is 11.6 Å². The van der Waals surface area contributed by atoms with Gasteiger partial charge < -0.3 is 4.57 Å². The van der Waals surface area contributed by atoms with Crippen LogP contribution in [0.3, 0.4) is 0 Å². The Kier molecular flexibility index (Phi) is 2.01. The zero-order valence-electron chi connectivity index (χ0n) is 7.20. The molecule has 1 saturated carbocycles. The zero-order valence-corrected chi connectivity index (χ0v) is 7.96. The monoisotopic (exact) mass is 195 g/mol. The van der Waals surface area contributed by atoms with E-state index in [1.165, 1.54) is 0 Å². The number of hydrogen-bond donors (Lipinski definition) is 0. The molecule has 0 bridgehead atoms. The maximum absolute atomic E-state index is 8.90. The fraction of sp³-hybridized carbons (Fsp3) is 0.556. The molecule has 0 N–H and O–H groups in total. The lowest BCUT2D eigenvalue weighted by atomic mass is 10.1. The van der Waals surface area contributed by atoms with Gasteiger partial charge in [0.2, 0.25) is 0 Å². The van der Waals surface area contributed by atoms with Crippen LogP contribution in [0.1, 0.15) is 18.7 Å². The van der Waals surface area contributed by atoms with Gasteiger partial charge in [-0.05, 0) is 12.8 Å². The summed E-state index contributed by atoms with van der Waals surface area (Å²) in [6.45, 7) is 0.742. The Morgan fingerprint density at radius 3 is 3.00 bits per heavy atom. The second-order valence-electron chi connectivity index (χ2n) is 3.50. The van der Waals surface area contributed by atoms with Crippen LogP contribution in [0.4, 0.5) is 0 Å². The van der Waals surface area contributed by atoms with E-state index in [0.717, 1.165) is 25.2 Å². The largest absolute Gasteiger partial charge is 0.332 e. The molecule has 0 spiro atoms. The van der Waals surface area contributed by atoms with Gasteiger partial charge >= 0.3 is 0 Å². The van der Waals surface area contributed by atoms with Crippen molar-refractivity contribution in [3.8, 4) is 6.07 Å². The van der Waals surface area contributed by atoms with E-state index in [1.807, 2.05) is 10.8 Å². The molecule has 0 unspecified atom stereocenters. The predicted octanol–water partition coefficient (Wildman–Crippen LogP) is 1.93. The first-order valence-electron chi connectivity index (χ1n) is 4.27. The van der Waals surface area contributed by atoms with E-state index in [-0.39, 0.29) is 5.41 Å². The molecule has 13 heavy (non-hydrogen) atoms. The Balaban J connectivity index is 2.14. The maximum Gasteiger partial charge on any atom is 0.123 e. The summed E-state index contributed by atoms with van der Waals surface area (Å²) in [5.74, 6) is 1.26. The number of rotatable bonds is 3. The minimum Gasteiger partial charge on any atom is -0.332 e. The van der Waals surface area contributed by atoms with Crippen molar-refractivity contribution in [3.63, 3.8) is 0 Å². The molecule has 0 aromatic carbocycles. The predicted molar refractivity (Wildman–Crippen MR) is 49.1 cm³/mol. The molecular weight excluding hydrogens is 186 g/mol. The van der Waals surface area contributed by atoms with E-state index in [9.17, 15) is 0 Å². The molecule has 1 heterocycles. The normalized spacial score (nSPS) is 18.2. The van der Waals surface area contributed by atoms with Crippen molar-refractivity contribution < 1.29 is 0 Å². The molecule has 0 amide bonds. The van der Waals surface area contributed by atoms with Crippen molar-refractivity contribution in [3.05, 3.63) is 18.2 Å². The summed E-state index contributed by atoms with van der Waals surface area (Å²) < 4.78 is 1.98. The highest BCUT2D eigenvalue weighted by Gasteiger charge is 2.43. The summed E-state index contributed by atoms with van der Waals surface area (Å²) in [7, 11) is 0. The molecule has 68 valence electrons. The van der Waals surface area contributed by atoms with E-state index in [4.69, 9.17) is 16.9 Å². The molecule has 2 rings (SSSR count). The average molecular weight is 196 g/mol. The second kappa shape index (κ2) is 3.04. The average Bonchev–Trinajstić information content (AvgIpc) is 2.78. The van der Waals surface area contributed by atoms with Crippen LogP contribution in [0.15, 0.2) is 12.4 Å². The van der Waals surface area contributed by atoms with Gasteiger partial charge in [0.05, 0.1) is 17.4 Å². The number of halogens is 1. The summed E-state index contributed by atoms with van der Waals surface area (Å²) in [6, 6.07) is 2.35. The molecule has 1 aromatic heterocycles. The highest BCUT2D eigenvalue weighted by Crippen LogP contribution is 2.46. The van der Waals surface area contributed by atoms with Crippen molar-refractivity contribution in [2.75, 3.05) is 0 Å². The minimum atomic E-state index is -0.124. The maximum atomic E-state index is 8.90. The fourth-order valence-electron chi connectivity index (χ4n) is 1.40. The number of imidazole rings is 1. The number of hydrogen-bond acceptors (Lipinski definition) is 2. The van der Waals surface area contributed by atoms with Crippen molar-refractivity contribution in [1.82, 2.24) is 9.55 Å². The molecule has 1 aromatic rings. The van der Waals surface area contributed by atoms with Gasteiger partial charge in [0, 0.05) is 18.9 Å². The van der Waals surface area contributed by atoms with Crippen molar-refractivity contribution in [2.45, 2.75) is 25.3 Å². The van der Waals surface area contributed by atoms with Gasteiger partial charge in [-0.2, -0.15) is 5.26 Å². The van der Waals surface area contributed by atoms with E-state index >= 15 is 0 Å². The van der Waals surface area contributed by atoms with Crippen molar-refractivity contribution in [1.29, 1.82) is 5.26 Å². The first-order chi connectivity index (χ1) is 6.29. The quantitative estimate of drug-likeness (QED) is 0.692. The third kappa shape index (κ3) is 1.54. The van der Waals surface area contributed by atoms with Gasteiger partial charge in [-0.25, -0.2) is 4.98 Å². The van der Waals surface area contributed by atoms with E-state index in [0.29, 0.717) is 5.88 Å². The van der Waals surface area contributed by atoms with Crippen LogP contribution in [0.5, 0.6) is 0 Å². The van der Waals surface area contributed by atoms with Crippen LogP contribution in [0.2, 0.25) is 0 Å². The van der Waals surface area contributed by atoms with Crippen molar-refractivity contribution in [2.24, 2.45) is 5.41 Å². The molecule has 1 aliphatic carbocycles. The van der Waals surface area contributed by atoms with Crippen LogP contribution in [-0.2, 0) is 12.4 Å². The van der Waals surface area contributed by atoms with Gasteiger partial charge in [-0.15, -0.1) is 11.6 Å². The van der Waals surface area contributed by atoms with Crippen LogP contribution in [0.25, 0.3) is 0 Å². The van der Waals surface area contributed by atoms with Gasteiger partial charge in [0.25, 0.3) is 0 Å². The Labute approximate surface area is 81.9 Å². The van der Waals surface area contributed by atoms with Crippen LogP contribution in [0, 0.1) is 16.7 Å². The first-order valence-corrected chi connectivity index (χ1v) is 4.80. The number of nitriles is 1. The minimum absolute atomic E-state index is 0.124. The van der Waals surface area contributed by atoms with E-state index in [2.05, 4.69) is 11.1 Å². The summed E-state index contributed by atoms with van der Waals surface area (Å²) >= 11 is 5.70.